The van der Waals surface area contributed by atoms with E-state index in [-0.39, 0.29) is 11.4 Å². The van der Waals surface area contributed by atoms with E-state index >= 15 is 0 Å². The molecule has 47 heavy (non-hydrogen) atoms. The molecule has 0 bridgehead atoms. The molecule has 0 saturated carbocycles. The minimum atomic E-state index is -0.435. The van der Waals surface area contributed by atoms with E-state index in [0.29, 0.717) is 29.8 Å². The third-order valence-electron chi connectivity index (χ3n) is 9.05. The first kappa shape index (κ1) is 34.6. The molecule has 0 spiro atoms. The highest BCUT2D eigenvalue weighted by Crippen LogP contribution is 2.36. The van der Waals surface area contributed by atoms with Crippen molar-refractivity contribution in [1.82, 2.24) is 19.8 Å². The Morgan fingerprint density at radius 2 is 1.64 bits per heavy atom. The van der Waals surface area contributed by atoms with E-state index in [1.54, 1.807) is 6.07 Å². The molecule has 0 N–H and O–H groups in total. The number of esters is 1. The highest BCUT2D eigenvalue weighted by molar-refractivity contribution is 6.31. The van der Waals surface area contributed by atoms with Gasteiger partial charge in [0.05, 0.1) is 18.8 Å². The number of aromatic nitrogens is 2. The van der Waals surface area contributed by atoms with Gasteiger partial charge in [0.2, 0.25) is 5.95 Å². The van der Waals surface area contributed by atoms with E-state index in [1.165, 1.54) is 0 Å². The summed E-state index contributed by atoms with van der Waals surface area (Å²) in [6.45, 7) is 24.9. The van der Waals surface area contributed by atoms with Crippen LogP contribution in [0.1, 0.15) is 64.3 Å². The van der Waals surface area contributed by atoms with Crippen LogP contribution in [0.5, 0.6) is 5.75 Å². The van der Waals surface area contributed by atoms with Crippen molar-refractivity contribution in [3.05, 3.63) is 88.0 Å². The highest BCUT2D eigenvalue weighted by Gasteiger charge is 2.27. The van der Waals surface area contributed by atoms with Crippen molar-refractivity contribution in [2.24, 2.45) is 5.92 Å². The summed E-state index contributed by atoms with van der Waals surface area (Å²) in [7, 11) is 0. The average Bonchev–Trinajstić information content (AvgIpc) is 3.04. The van der Waals surface area contributed by atoms with Crippen LogP contribution in [0.25, 0.3) is 4.85 Å². The van der Waals surface area contributed by atoms with E-state index in [2.05, 4.69) is 50.5 Å². The number of ether oxygens (including phenoxy) is 2. The molecule has 0 aliphatic carbocycles. The predicted octanol–water partition coefficient (Wildman–Crippen LogP) is 6.76. The van der Waals surface area contributed by atoms with E-state index < -0.39 is 5.60 Å². The molecule has 0 atom stereocenters. The minimum absolute atomic E-state index is 0.133. The summed E-state index contributed by atoms with van der Waals surface area (Å²) in [6, 6.07) is 15.5. The van der Waals surface area contributed by atoms with Crippen molar-refractivity contribution in [3.8, 4) is 5.75 Å². The lowest BCUT2D eigenvalue weighted by molar-refractivity contribution is -0.156. The molecule has 3 aromatic rings. The zero-order chi connectivity index (χ0) is 33.6. The number of piperazine rings is 1. The Morgan fingerprint density at radius 1 is 0.936 bits per heavy atom. The van der Waals surface area contributed by atoms with Crippen molar-refractivity contribution in [2.45, 2.75) is 65.1 Å². The Bertz CT molecular complexity index is 1550. The van der Waals surface area contributed by atoms with Crippen LogP contribution in [0.3, 0.4) is 0 Å². The summed E-state index contributed by atoms with van der Waals surface area (Å²) in [5.41, 5.74) is 2.72. The van der Waals surface area contributed by atoms with Crippen LogP contribution in [0.4, 0.5) is 11.6 Å². The van der Waals surface area contributed by atoms with Gasteiger partial charge in [-0.3, -0.25) is 14.6 Å². The average molecular weight is 659 g/mol. The molecular formula is C37H47ClN6O3. The zero-order valence-corrected chi connectivity index (χ0v) is 29.1. The van der Waals surface area contributed by atoms with E-state index in [0.717, 1.165) is 87.2 Å². The Hall–Kier alpha value is -3.71. The van der Waals surface area contributed by atoms with Gasteiger partial charge in [-0.05, 0) is 94.1 Å². The molecule has 0 radical (unpaired) electrons. The summed E-state index contributed by atoms with van der Waals surface area (Å²) >= 11 is 6.29. The number of halogens is 1. The van der Waals surface area contributed by atoms with Crippen LogP contribution in [0, 0.1) is 12.5 Å². The Balaban J connectivity index is 1.07. The van der Waals surface area contributed by atoms with E-state index in [1.807, 2.05) is 57.3 Å². The quantitative estimate of drug-likeness (QED) is 0.175. The fourth-order valence-electron chi connectivity index (χ4n) is 6.29. The van der Waals surface area contributed by atoms with Gasteiger partial charge in [0, 0.05) is 49.4 Å². The van der Waals surface area contributed by atoms with Gasteiger partial charge < -0.3 is 14.4 Å². The molecule has 10 heteroatoms. The predicted molar refractivity (Wildman–Crippen MR) is 186 cm³/mol. The molecule has 0 amide bonds. The number of hydrogen-bond acceptors (Lipinski definition) is 8. The first-order chi connectivity index (χ1) is 22.4. The molecule has 2 aromatic carbocycles. The van der Waals surface area contributed by atoms with Crippen LogP contribution in [0.15, 0.2) is 54.7 Å². The Labute approximate surface area is 284 Å². The Kier molecular flexibility index (Phi) is 11.1. The standard InChI is InChI=1S/C37H47ClN6O3/c1-36(2,3)47-34(45)25-42-15-12-27(13-16-42)24-43-17-19-44(20-18-43)35-40-14-11-31(41-35)26-46-33-9-7-28(8-10-33)37(4,5)29-21-30(38)23-32(22-29)39-6/h7-11,14,21-23,27H,12-13,15-20,24-26H2,1-5H3. The maximum atomic E-state index is 12.2. The number of benzene rings is 2. The van der Waals surface area contributed by atoms with Crippen LogP contribution in [-0.4, -0.2) is 83.7 Å². The van der Waals surface area contributed by atoms with Crippen molar-refractivity contribution < 1.29 is 14.3 Å². The second-order valence-corrected chi connectivity index (χ2v) is 14.6. The highest BCUT2D eigenvalue weighted by atomic mass is 35.5. The first-order valence-corrected chi connectivity index (χ1v) is 16.9. The van der Waals surface area contributed by atoms with Gasteiger partial charge in [0.15, 0.2) is 5.69 Å². The van der Waals surface area contributed by atoms with Gasteiger partial charge in [-0.2, -0.15) is 0 Å². The van der Waals surface area contributed by atoms with Crippen molar-refractivity contribution in [1.29, 1.82) is 0 Å². The van der Waals surface area contributed by atoms with Crippen LogP contribution in [0.2, 0.25) is 5.02 Å². The number of rotatable bonds is 10. The number of carbonyl (C=O) groups excluding carboxylic acids is 1. The smallest absolute Gasteiger partial charge is 0.320 e. The summed E-state index contributed by atoms with van der Waals surface area (Å²) in [5.74, 6) is 2.04. The fourth-order valence-corrected chi connectivity index (χ4v) is 6.52. The largest absolute Gasteiger partial charge is 0.487 e. The molecule has 2 fully saturated rings. The summed E-state index contributed by atoms with van der Waals surface area (Å²) in [6.07, 6.45) is 4.04. The maximum Gasteiger partial charge on any atom is 0.320 e. The molecule has 250 valence electrons. The number of piperidine rings is 1. The molecular weight excluding hydrogens is 612 g/mol. The number of carbonyl (C=O) groups is 1. The van der Waals surface area contributed by atoms with Gasteiger partial charge in [0.25, 0.3) is 0 Å². The van der Waals surface area contributed by atoms with Gasteiger partial charge >= 0.3 is 5.97 Å². The second kappa shape index (κ2) is 15.0. The topological polar surface area (TPSA) is 75.4 Å². The molecule has 2 aliphatic heterocycles. The van der Waals surface area contributed by atoms with Crippen LogP contribution < -0.4 is 9.64 Å². The number of anilines is 1. The second-order valence-electron chi connectivity index (χ2n) is 14.2. The minimum Gasteiger partial charge on any atom is -0.487 e. The normalized spacial score (nSPS) is 16.9. The van der Waals surface area contributed by atoms with Crippen LogP contribution >= 0.6 is 11.6 Å². The third-order valence-corrected chi connectivity index (χ3v) is 9.27. The van der Waals surface area contributed by atoms with Crippen molar-refractivity contribution >= 4 is 29.2 Å². The first-order valence-electron chi connectivity index (χ1n) is 16.5. The van der Waals surface area contributed by atoms with Crippen molar-refractivity contribution in [2.75, 3.05) is 57.3 Å². The van der Waals surface area contributed by atoms with E-state index in [4.69, 9.17) is 32.6 Å². The Morgan fingerprint density at radius 3 is 2.30 bits per heavy atom. The van der Waals surface area contributed by atoms with Crippen LogP contribution in [-0.2, 0) is 21.6 Å². The molecule has 2 aliphatic rings. The maximum absolute atomic E-state index is 12.2. The SMILES string of the molecule is [C-]#[N+]c1cc(Cl)cc(C(C)(C)c2ccc(OCc3ccnc(N4CCN(CC5CCN(CC(=O)OC(C)(C)C)CC5)CC4)n3)cc2)c1. The number of nitrogens with zero attached hydrogens (tertiary/aromatic N) is 6. The molecule has 9 nitrogen and oxygen atoms in total. The molecule has 2 saturated heterocycles. The molecule has 5 rings (SSSR count). The number of hydrogen-bond donors (Lipinski definition) is 0. The fraction of sp³-hybridized carbons (Fsp3) is 0.514. The zero-order valence-electron chi connectivity index (χ0n) is 28.3. The lowest BCUT2D eigenvalue weighted by atomic mass is 9.78. The molecule has 0 unspecified atom stereocenters. The van der Waals surface area contributed by atoms with Gasteiger partial charge in [-0.25, -0.2) is 14.8 Å². The summed E-state index contributed by atoms with van der Waals surface area (Å²) in [4.78, 5) is 32.2. The summed E-state index contributed by atoms with van der Waals surface area (Å²) < 4.78 is 11.6. The number of likely N-dealkylation sites (tertiary alicyclic amines) is 1. The lowest BCUT2D eigenvalue weighted by Gasteiger charge is -2.38. The molecule has 3 heterocycles. The third kappa shape index (κ3) is 9.66. The van der Waals surface area contributed by atoms with Crippen molar-refractivity contribution in [3.63, 3.8) is 0 Å². The van der Waals surface area contributed by atoms with Gasteiger partial charge in [-0.15, -0.1) is 0 Å². The van der Waals surface area contributed by atoms with Gasteiger partial charge in [-0.1, -0.05) is 43.6 Å². The molecule has 1 aromatic heterocycles. The monoisotopic (exact) mass is 658 g/mol. The van der Waals surface area contributed by atoms with E-state index in [9.17, 15) is 4.79 Å². The lowest BCUT2D eigenvalue weighted by Crippen LogP contribution is -2.49. The van der Waals surface area contributed by atoms with Gasteiger partial charge in [0.1, 0.15) is 18.0 Å². The summed E-state index contributed by atoms with van der Waals surface area (Å²) in [5, 5.41) is 0.568.